The van der Waals surface area contributed by atoms with Crippen molar-refractivity contribution in [1.82, 2.24) is 9.55 Å². The van der Waals surface area contributed by atoms with Gasteiger partial charge in [0.1, 0.15) is 0 Å². The molecule has 116 valence electrons. The highest BCUT2D eigenvalue weighted by molar-refractivity contribution is 7.91. The number of carboxylic acid groups (broad SMARTS) is 1. The normalized spacial score (nSPS) is 21.2. The quantitative estimate of drug-likeness (QED) is 0.785. The number of anilines is 1. The molecule has 1 N–H and O–H groups in total. The Labute approximate surface area is 121 Å². The van der Waals surface area contributed by atoms with E-state index in [2.05, 4.69) is 4.98 Å². The maximum Gasteiger partial charge on any atom is 0.305 e. The van der Waals surface area contributed by atoms with E-state index in [0.717, 1.165) is 0 Å². The van der Waals surface area contributed by atoms with E-state index in [1.165, 1.54) is 15.7 Å². The molecule has 21 heavy (non-hydrogen) atoms. The van der Waals surface area contributed by atoms with Crippen LogP contribution in [-0.4, -0.2) is 53.1 Å². The summed E-state index contributed by atoms with van der Waals surface area (Å²) in [5, 5.41) is 8.95. The second-order valence-electron chi connectivity index (χ2n) is 4.90. The zero-order valence-corrected chi connectivity index (χ0v) is 12.4. The number of hydrogen-bond acceptors (Lipinski definition) is 6. The number of aryl methyl sites for hydroxylation is 1. The van der Waals surface area contributed by atoms with Crippen LogP contribution in [0.15, 0.2) is 17.2 Å². The molecule has 2 rings (SSSR count). The van der Waals surface area contributed by atoms with Gasteiger partial charge in [0.05, 0.1) is 24.0 Å². The first-order chi connectivity index (χ1) is 9.84. The predicted octanol–water partition coefficient (Wildman–Crippen LogP) is -0.659. The van der Waals surface area contributed by atoms with Gasteiger partial charge < -0.3 is 14.6 Å². The molecule has 1 aliphatic heterocycles. The van der Waals surface area contributed by atoms with E-state index >= 15 is 0 Å². The van der Waals surface area contributed by atoms with E-state index in [9.17, 15) is 18.0 Å². The Hall–Kier alpha value is -1.90. The molecule has 1 fully saturated rings. The van der Waals surface area contributed by atoms with Crippen molar-refractivity contribution in [1.29, 1.82) is 0 Å². The highest BCUT2D eigenvalue weighted by atomic mass is 32.2. The fraction of sp³-hybridized carbons (Fsp3) is 0.583. The molecule has 0 bridgehead atoms. The SMILES string of the molecule is CCn1ccnc(N2CCS(=O)(=O)CC2CC(=O)O)c1=O. The Morgan fingerprint density at radius 3 is 2.86 bits per heavy atom. The number of carbonyl (C=O) groups is 1. The van der Waals surface area contributed by atoms with Crippen molar-refractivity contribution in [3.05, 3.63) is 22.7 Å². The van der Waals surface area contributed by atoms with Gasteiger partial charge in [-0.1, -0.05) is 0 Å². The maximum atomic E-state index is 12.3. The Balaban J connectivity index is 2.41. The zero-order chi connectivity index (χ0) is 15.6. The van der Waals surface area contributed by atoms with Gasteiger partial charge in [0.2, 0.25) is 0 Å². The summed E-state index contributed by atoms with van der Waals surface area (Å²) in [6.45, 7) is 2.35. The number of aliphatic carboxylic acids is 1. The van der Waals surface area contributed by atoms with E-state index in [-0.39, 0.29) is 35.8 Å². The van der Waals surface area contributed by atoms with Crippen LogP contribution in [0.2, 0.25) is 0 Å². The van der Waals surface area contributed by atoms with Gasteiger partial charge in [0, 0.05) is 25.5 Å². The van der Waals surface area contributed by atoms with Crippen molar-refractivity contribution in [2.75, 3.05) is 23.0 Å². The molecule has 1 atom stereocenters. The number of carboxylic acids is 1. The van der Waals surface area contributed by atoms with Gasteiger partial charge in [-0.05, 0) is 6.92 Å². The standard InChI is InChI=1S/C12H17N3O5S/c1-2-14-4-3-13-11(12(14)18)15-5-6-21(19,20)8-9(15)7-10(16)17/h3-4,9H,2,5-8H2,1H3,(H,16,17). The molecule has 1 unspecified atom stereocenters. The summed E-state index contributed by atoms with van der Waals surface area (Å²) in [6.07, 6.45) is 2.65. The molecule has 0 amide bonds. The van der Waals surface area contributed by atoms with E-state index in [1.54, 1.807) is 13.1 Å². The Kier molecular flexibility index (Phi) is 4.31. The molecular formula is C12H17N3O5S. The number of rotatable bonds is 4. The van der Waals surface area contributed by atoms with E-state index in [1.807, 2.05) is 0 Å². The topological polar surface area (TPSA) is 110 Å². The molecule has 9 heteroatoms. The maximum absolute atomic E-state index is 12.3. The first-order valence-electron chi connectivity index (χ1n) is 6.58. The zero-order valence-electron chi connectivity index (χ0n) is 11.6. The number of aromatic nitrogens is 2. The molecule has 0 aliphatic carbocycles. The summed E-state index contributed by atoms with van der Waals surface area (Å²) in [5.74, 6) is -1.37. The smallest absolute Gasteiger partial charge is 0.305 e. The van der Waals surface area contributed by atoms with Crippen molar-refractivity contribution in [2.45, 2.75) is 25.9 Å². The summed E-state index contributed by atoms with van der Waals surface area (Å²) < 4.78 is 24.9. The van der Waals surface area contributed by atoms with E-state index in [4.69, 9.17) is 5.11 Å². The summed E-state index contributed by atoms with van der Waals surface area (Å²) in [4.78, 5) is 28.7. The average molecular weight is 315 g/mol. The van der Waals surface area contributed by atoms with Crippen LogP contribution in [0, 0.1) is 0 Å². The third-order valence-electron chi connectivity index (χ3n) is 3.45. The van der Waals surface area contributed by atoms with Crippen molar-refractivity contribution >= 4 is 21.6 Å². The summed E-state index contributed by atoms with van der Waals surface area (Å²) >= 11 is 0. The van der Waals surface area contributed by atoms with Crippen molar-refractivity contribution in [3.63, 3.8) is 0 Å². The van der Waals surface area contributed by atoms with Crippen LogP contribution >= 0.6 is 0 Å². The number of hydrogen-bond donors (Lipinski definition) is 1. The molecule has 0 radical (unpaired) electrons. The molecule has 8 nitrogen and oxygen atoms in total. The fourth-order valence-electron chi connectivity index (χ4n) is 2.42. The van der Waals surface area contributed by atoms with Crippen LogP contribution in [0.25, 0.3) is 0 Å². The van der Waals surface area contributed by atoms with Gasteiger partial charge >= 0.3 is 5.97 Å². The molecule has 0 spiro atoms. The number of nitrogens with zero attached hydrogens (tertiary/aromatic N) is 3. The molecule has 0 aromatic carbocycles. The molecule has 1 aromatic heterocycles. The third kappa shape index (κ3) is 3.41. The second kappa shape index (κ2) is 5.84. The molecule has 1 saturated heterocycles. The fourth-order valence-corrected chi connectivity index (χ4v) is 3.94. The second-order valence-corrected chi connectivity index (χ2v) is 7.13. The van der Waals surface area contributed by atoms with Crippen molar-refractivity contribution in [2.24, 2.45) is 0 Å². The minimum Gasteiger partial charge on any atom is -0.481 e. The van der Waals surface area contributed by atoms with Gasteiger partial charge in [-0.2, -0.15) is 0 Å². The first-order valence-corrected chi connectivity index (χ1v) is 8.40. The van der Waals surface area contributed by atoms with Gasteiger partial charge in [-0.15, -0.1) is 0 Å². The van der Waals surface area contributed by atoms with Crippen LogP contribution in [0.4, 0.5) is 5.82 Å². The van der Waals surface area contributed by atoms with Gasteiger partial charge in [-0.25, -0.2) is 13.4 Å². The molecule has 0 saturated carbocycles. The van der Waals surface area contributed by atoms with Crippen molar-refractivity contribution in [3.8, 4) is 0 Å². The van der Waals surface area contributed by atoms with Crippen molar-refractivity contribution < 1.29 is 18.3 Å². The average Bonchev–Trinajstić information content (AvgIpc) is 2.38. The van der Waals surface area contributed by atoms with E-state index in [0.29, 0.717) is 6.54 Å². The monoisotopic (exact) mass is 315 g/mol. The lowest BCUT2D eigenvalue weighted by Gasteiger charge is -2.35. The summed E-state index contributed by atoms with van der Waals surface area (Å²) in [6, 6.07) is -0.769. The van der Waals surface area contributed by atoms with Gasteiger partial charge in [0.15, 0.2) is 15.7 Å². The highest BCUT2D eigenvalue weighted by Crippen LogP contribution is 2.19. The summed E-state index contributed by atoms with van der Waals surface area (Å²) in [5.41, 5.74) is -0.338. The molecule has 1 aromatic rings. The van der Waals surface area contributed by atoms with Crippen LogP contribution < -0.4 is 10.5 Å². The lowest BCUT2D eigenvalue weighted by Crippen LogP contribution is -2.51. The molecule has 2 heterocycles. The number of sulfone groups is 1. The Bertz CT molecular complexity index is 697. The largest absolute Gasteiger partial charge is 0.481 e. The van der Waals surface area contributed by atoms with Crippen LogP contribution in [0.1, 0.15) is 13.3 Å². The lowest BCUT2D eigenvalue weighted by atomic mass is 10.2. The minimum absolute atomic E-state index is 0.0796. The summed E-state index contributed by atoms with van der Waals surface area (Å²) in [7, 11) is -3.29. The first kappa shape index (κ1) is 15.5. The lowest BCUT2D eigenvalue weighted by molar-refractivity contribution is -0.137. The third-order valence-corrected chi connectivity index (χ3v) is 5.15. The predicted molar refractivity (Wildman–Crippen MR) is 76.2 cm³/mol. The van der Waals surface area contributed by atoms with Gasteiger partial charge in [-0.3, -0.25) is 9.59 Å². The van der Waals surface area contributed by atoms with E-state index < -0.39 is 21.8 Å². The molecule has 1 aliphatic rings. The minimum atomic E-state index is -3.29. The van der Waals surface area contributed by atoms with Crippen LogP contribution in [0.5, 0.6) is 0 Å². The Morgan fingerprint density at radius 2 is 2.24 bits per heavy atom. The Morgan fingerprint density at radius 1 is 1.52 bits per heavy atom. The molecular weight excluding hydrogens is 298 g/mol. The van der Waals surface area contributed by atoms with Gasteiger partial charge in [0.25, 0.3) is 5.56 Å². The highest BCUT2D eigenvalue weighted by Gasteiger charge is 2.34. The van der Waals surface area contributed by atoms with Crippen LogP contribution in [-0.2, 0) is 21.2 Å². The van der Waals surface area contributed by atoms with Crippen LogP contribution in [0.3, 0.4) is 0 Å².